The van der Waals surface area contributed by atoms with Crippen LogP contribution < -0.4 is 5.32 Å². The normalized spacial score (nSPS) is 10.6. The number of thiophene rings is 1. The first-order chi connectivity index (χ1) is 16.1. The van der Waals surface area contributed by atoms with Gasteiger partial charge in [0.25, 0.3) is 5.91 Å². The average molecular weight is 467 g/mol. The van der Waals surface area contributed by atoms with Gasteiger partial charge in [0, 0.05) is 10.9 Å². The molecule has 4 rings (SSSR count). The lowest BCUT2D eigenvalue weighted by Crippen LogP contribution is -2.21. The standard InChI is InChI=1S/C21H17N5O6S/c1-2-30-21(29)18-15(16-4-3-9-31-16)11-33-19(18)23-17(27)10-32-20(28)13-5-7-14(8-6-13)26-12-22-24-25-26/h3-9,11-12H,2,10H2,1H3,(H,23,27). The van der Waals surface area contributed by atoms with Gasteiger partial charge >= 0.3 is 11.9 Å². The van der Waals surface area contributed by atoms with Crippen molar-refractivity contribution in [2.45, 2.75) is 6.92 Å². The molecule has 4 aromatic rings. The van der Waals surface area contributed by atoms with E-state index in [1.165, 1.54) is 29.4 Å². The van der Waals surface area contributed by atoms with Crippen molar-refractivity contribution < 1.29 is 28.3 Å². The van der Waals surface area contributed by atoms with Gasteiger partial charge in [-0.2, -0.15) is 0 Å². The lowest BCUT2D eigenvalue weighted by atomic mass is 10.1. The van der Waals surface area contributed by atoms with Crippen molar-refractivity contribution in [3.05, 3.63) is 65.5 Å². The first-order valence-corrected chi connectivity index (χ1v) is 10.6. The zero-order chi connectivity index (χ0) is 23.2. The summed E-state index contributed by atoms with van der Waals surface area (Å²) < 4.78 is 17.0. The maximum Gasteiger partial charge on any atom is 0.341 e. The Morgan fingerprint density at radius 3 is 2.61 bits per heavy atom. The molecular formula is C21H17N5O6S. The largest absolute Gasteiger partial charge is 0.464 e. The number of aromatic nitrogens is 4. The maximum atomic E-state index is 12.5. The number of benzene rings is 1. The van der Waals surface area contributed by atoms with E-state index in [4.69, 9.17) is 13.9 Å². The minimum absolute atomic E-state index is 0.170. The zero-order valence-electron chi connectivity index (χ0n) is 17.3. The van der Waals surface area contributed by atoms with Gasteiger partial charge in [-0.15, -0.1) is 16.4 Å². The highest BCUT2D eigenvalue weighted by Crippen LogP contribution is 2.36. The minimum atomic E-state index is -0.679. The molecule has 0 atom stereocenters. The molecule has 0 aliphatic rings. The Morgan fingerprint density at radius 2 is 1.94 bits per heavy atom. The Labute approximate surface area is 190 Å². The maximum absolute atomic E-state index is 12.5. The van der Waals surface area contributed by atoms with Crippen molar-refractivity contribution in [3.8, 4) is 17.0 Å². The van der Waals surface area contributed by atoms with Crippen LogP contribution in [0.4, 0.5) is 5.00 Å². The quantitative estimate of drug-likeness (QED) is 0.387. The first-order valence-electron chi connectivity index (χ1n) is 9.69. The fraction of sp³-hybridized carbons (Fsp3) is 0.143. The Morgan fingerprint density at radius 1 is 1.12 bits per heavy atom. The van der Waals surface area contributed by atoms with Crippen LogP contribution in [0.1, 0.15) is 27.6 Å². The molecule has 168 valence electrons. The summed E-state index contributed by atoms with van der Waals surface area (Å²) in [7, 11) is 0. The SMILES string of the molecule is CCOC(=O)c1c(-c2ccco2)csc1NC(=O)COC(=O)c1ccc(-n2cnnn2)cc1. The predicted octanol–water partition coefficient (Wildman–Crippen LogP) is 2.96. The predicted molar refractivity (Wildman–Crippen MR) is 116 cm³/mol. The Bertz CT molecular complexity index is 1250. The molecule has 1 aromatic carbocycles. The number of hydrogen-bond acceptors (Lipinski definition) is 10. The first kappa shape index (κ1) is 21.9. The van der Waals surface area contributed by atoms with E-state index in [0.29, 0.717) is 17.0 Å². The minimum Gasteiger partial charge on any atom is -0.464 e. The number of carbonyl (C=O) groups is 3. The van der Waals surface area contributed by atoms with Crippen molar-refractivity contribution >= 4 is 34.2 Å². The lowest BCUT2D eigenvalue weighted by molar-refractivity contribution is -0.119. The van der Waals surface area contributed by atoms with Crippen LogP contribution in [0.2, 0.25) is 0 Å². The number of amides is 1. The molecule has 0 bridgehead atoms. The van der Waals surface area contributed by atoms with E-state index in [2.05, 4.69) is 20.8 Å². The van der Waals surface area contributed by atoms with Gasteiger partial charge in [-0.3, -0.25) is 4.79 Å². The molecule has 0 aliphatic heterocycles. The molecule has 33 heavy (non-hydrogen) atoms. The van der Waals surface area contributed by atoms with Crippen LogP contribution >= 0.6 is 11.3 Å². The van der Waals surface area contributed by atoms with E-state index in [-0.39, 0.29) is 22.7 Å². The fourth-order valence-corrected chi connectivity index (χ4v) is 3.83. The molecule has 3 aromatic heterocycles. The molecule has 0 spiro atoms. The molecule has 0 saturated carbocycles. The van der Waals surface area contributed by atoms with E-state index < -0.39 is 24.5 Å². The number of hydrogen-bond donors (Lipinski definition) is 1. The highest BCUT2D eigenvalue weighted by Gasteiger charge is 2.24. The fourth-order valence-electron chi connectivity index (χ4n) is 2.88. The second kappa shape index (κ2) is 9.87. The number of furan rings is 1. The van der Waals surface area contributed by atoms with Gasteiger partial charge in [-0.05, 0) is 53.7 Å². The van der Waals surface area contributed by atoms with E-state index >= 15 is 0 Å². The Hall–Kier alpha value is -4.32. The second-order valence-electron chi connectivity index (χ2n) is 6.48. The van der Waals surface area contributed by atoms with Crippen LogP contribution in [-0.4, -0.2) is 51.3 Å². The van der Waals surface area contributed by atoms with Crippen molar-refractivity contribution in [3.63, 3.8) is 0 Å². The number of carbonyl (C=O) groups excluding carboxylic acids is 3. The van der Waals surface area contributed by atoms with Crippen molar-refractivity contribution in [1.82, 2.24) is 20.2 Å². The number of nitrogens with zero attached hydrogens (tertiary/aromatic N) is 4. The summed E-state index contributed by atoms with van der Waals surface area (Å²) in [5, 5.41) is 15.4. The topological polar surface area (TPSA) is 138 Å². The monoisotopic (exact) mass is 467 g/mol. The molecule has 0 radical (unpaired) electrons. The third kappa shape index (κ3) is 4.96. The molecule has 11 nitrogen and oxygen atoms in total. The van der Waals surface area contributed by atoms with Gasteiger partial charge in [-0.25, -0.2) is 14.3 Å². The molecule has 0 fully saturated rings. The highest BCUT2D eigenvalue weighted by molar-refractivity contribution is 7.15. The average Bonchev–Trinajstić information content (AvgIpc) is 3.59. The van der Waals surface area contributed by atoms with E-state index in [1.807, 2.05) is 0 Å². The van der Waals surface area contributed by atoms with Crippen LogP contribution in [-0.2, 0) is 14.3 Å². The van der Waals surface area contributed by atoms with Crippen LogP contribution in [0.15, 0.2) is 58.8 Å². The van der Waals surface area contributed by atoms with E-state index in [0.717, 1.165) is 11.3 Å². The van der Waals surface area contributed by atoms with Crippen LogP contribution in [0.25, 0.3) is 17.0 Å². The number of ether oxygens (including phenoxy) is 2. The summed E-state index contributed by atoms with van der Waals surface area (Å²) in [6, 6.07) is 9.73. The summed E-state index contributed by atoms with van der Waals surface area (Å²) in [5.74, 6) is -1.42. The van der Waals surface area contributed by atoms with Crippen LogP contribution in [0, 0.1) is 0 Å². The number of rotatable bonds is 8. The molecule has 3 heterocycles. The van der Waals surface area contributed by atoms with Crippen LogP contribution in [0.3, 0.4) is 0 Å². The summed E-state index contributed by atoms with van der Waals surface area (Å²) in [6.07, 6.45) is 2.90. The van der Waals surface area contributed by atoms with Gasteiger partial charge in [0.2, 0.25) is 0 Å². The van der Waals surface area contributed by atoms with Crippen molar-refractivity contribution in [2.24, 2.45) is 0 Å². The third-order valence-corrected chi connectivity index (χ3v) is 5.26. The van der Waals surface area contributed by atoms with Gasteiger partial charge < -0.3 is 19.2 Å². The summed E-state index contributed by atoms with van der Waals surface area (Å²) in [4.78, 5) is 37.2. The molecule has 12 heteroatoms. The van der Waals surface area contributed by atoms with Crippen molar-refractivity contribution in [1.29, 1.82) is 0 Å². The third-order valence-electron chi connectivity index (χ3n) is 4.36. The molecule has 1 N–H and O–H groups in total. The molecule has 1 amide bonds. The number of esters is 2. The van der Waals surface area contributed by atoms with Gasteiger partial charge in [-0.1, -0.05) is 0 Å². The smallest absolute Gasteiger partial charge is 0.341 e. The molecule has 0 aliphatic carbocycles. The Balaban J connectivity index is 1.40. The van der Waals surface area contributed by atoms with Crippen molar-refractivity contribution in [2.75, 3.05) is 18.5 Å². The summed E-state index contributed by atoms with van der Waals surface area (Å²) in [5.41, 5.74) is 1.59. The molecule has 0 unspecified atom stereocenters. The van der Waals surface area contributed by atoms with Gasteiger partial charge in [0.1, 0.15) is 22.7 Å². The number of anilines is 1. The lowest BCUT2D eigenvalue weighted by Gasteiger charge is -2.09. The van der Waals surface area contributed by atoms with Gasteiger partial charge in [0.05, 0.1) is 24.1 Å². The second-order valence-corrected chi connectivity index (χ2v) is 7.36. The zero-order valence-corrected chi connectivity index (χ0v) is 18.1. The van der Waals surface area contributed by atoms with E-state index in [1.54, 1.807) is 36.6 Å². The summed E-state index contributed by atoms with van der Waals surface area (Å²) in [6.45, 7) is 1.32. The van der Waals surface area contributed by atoms with Crippen LogP contribution in [0.5, 0.6) is 0 Å². The molecule has 0 saturated heterocycles. The van der Waals surface area contributed by atoms with Gasteiger partial charge in [0.15, 0.2) is 6.61 Å². The summed E-state index contributed by atoms with van der Waals surface area (Å²) >= 11 is 1.14. The highest BCUT2D eigenvalue weighted by atomic mass is 32.1. The molecular weight excluding hydrogens is 450 g/mol. The number of tetrazole rings is 1. The Kier molecular flexibility index (Phi) is 6.55. The number of nitrogens with one attached hydrogen (secondary N) is 1. The van der Waals surface area contributed by atoms with E-state index in [9.17, 15) is 14.4 Å².